The first-order valence-corrected chi connectivity index (χ1v) is 6.75. The maximum absolute atomic E-state index is 4.76. The van der Waals surface area contributed by atoms with E-state index in [-0.39, 0.29) is 0 Å². The molecule has 1 spiro atoms. The summed E-state index contributed by atoms with van der Waals surface area (Å²) in [5, 5.41) is 4.91. The third kappa shape index (κ3) is 1.56. The average Bonchev–Trinajstić information content (AvgIpc) is 2.66. The molecule has 3 fully saturated rings. The van der Waals surface area contributed by atoms with Gasteiger partial charge in [-0.05, 0) is 25.2 Å². The number of aliphatic imine (C=N–C) groups is 1. The van der Waals surface area contributed by atoms with Gasteiger partial charge in [0.05, 0.1) is 6.04 Å². The summed E-state index contributed by atoms with van der Waals surface area (Å²) in [6.07, 6.45) is 6.83. The minimum Gasteiger partial charge on any atom is -0.359 e. The van der Waals surface area contributed by atoms with E-state index < -0.39 is 0 Å². The van der Waals surface area contributed by atoms with Crippen molar-refractivity contribution in [2.75, 3.05) is 5.75 Å². The molecule has 1 aliphatic heterocycles. The Labute approximate surface area is 89.9 Å². The Hall–Kier alpha value is -0.180. The molecule has 78 valence electrons. The predicted octanol–water partition coefficient (Wildman–Crippen LogP) is 2.40. The van der Waals surface area contributed by atoms with E-state index >= 15 is 0 Å². The molecule has 2 nitrogen and oxygen atoms in total. The van der Waals surface area contributed by atoms with Crippen molar-refractivity contribution in [3.05, 3.63) is 0 Å². The zero-order valence-electron chi connectivity index (χ0n) is 8.75. The predicted molar refractivity (Wildman–Crippen MR) is 61.8 cm³/mol. The molecule has 2 unspecified atom stereocenters. The van der Waals surface area contributed by atoms with Gasteiger partial charge in [-0.1, -0.05) is 31.5 Å². The van der Waals surface area contributed by atoms with Crippen molar-refractivity contribution in [1.29, 1.82) is 0 Å². The van der Waals surface area contributed by atoms with E-state index in [4.69, 9.17) is 4.99 Å². The molecule has 2 saturated carbocycles. The molecule has 2 atom stereocenters. The van der Waals surface area contributed by atoms with Crippen LogP contribution in [0.5, 0.6) is 0 Å². The highest BCUT2D eigenvalue weighted by atomic mass is 32.2. The molecule has 0 bridgehead atoms. The summed E-state index contributed by atoms with van der Waals surface area (Å²) in [4.78, 5) is 4.76. The summed E-state index contributed by atoms with van der Waals surface area (Å²) in [5.74, 6) is 2.09. The SMILES string of the molecule is CC1CC1N=C1NC2(CCCC2)CS1. The van der Waals surface area contributed by atoms with Crippen LogP contribution in [0.15, 0.2) is 4.99 Å². The van der Waals surface area contributed by atoms with Crippen LogP contribution in [-0.2, 0) is 0 Å². The van der Waals surface area contributed by atoms with Crippen molar-refractivity contribution in [1.82, 2.24) is 5.32 Å². The fraction of sp³-hybridized carbons (Fsp3) is 0.909. The van der Waals surface area contributed by atoms with Crippen LogP contribution in [0.2, 0.25) is 0 Å². The van der Waals surface area contributed by atoms with Crippen LogP contribution in [0.3, 0.4) is 0 Å². The molecule has 3 heteroatoms. The van der Waals surface area contributed by atoms with E-state index in [1.807, 2.05) is 11.8 Å². The van der Waals surface area contributed by atoms with Gasteiger partial charge in [0.25, 0.3) is 0 Å². The normalized spacial score (nSPS) is 41.9. The highest BCUT2D eigenvalue weighted by molar-refractivity contribution is 8.14. The first-order valence-electron chi connectivity index (χ1n) is 5.76. The number of nitrogens with zero attached hydrogens (tertiary/aromatic N) is 1. The van der Waals surface area contributed by atoms with Gasteiger partial charge in [-0.3, -0.25) is 4.99 Å². The van der Waals surface area contributed by atoms with Crippen molar-refractivity contribution in [2.24, 2.45) is 10.9 Å². The van der Waals surface area contributed by atoms with Gasteiger partial charge >= 0.3 is 0 Å². The standard InChI is InChI=1S/C11H18N2S/c1-8-6-9(8)12-10-13-11(7-14-10)4-2-3-5-11/h8-9H,2-7H2,1H3,(H,12,13). The Bertz CT molecular complexity index is 268. The van der Waals surface area contributed by atoms with E-state index in [1.54, 1.807) is 0 Å². The molecule has 0 aromatic heterocycles. The molecule has 0 amide bonds. The van der Waals surface area contributed by atoms with Crippen LogP contribution in [0, 0.1) is 5.92 Å². The van der Waals surface area contributed by atoms with Gasteiger partial charge in [-0.15, -0.1) is 0 Å². The minimum atomic E-state index is 0.446. The Kier molecular flexibility index (Phi) is 2.05. The van der Waals surface area contributed by atoms with Crippen LogP contribution in [0.1, 0.15) is 39.0 Å². The third-order valence-electron chi connectivity index (χ3n) is 3.77. The van der Waals surface area contributed by atoms with Crippen molar-refractivity contribution >= 4 is 16.9 Å². The van der Waals surface area contributed by atoms with Gasteiger partial charge in [0.2, 0.25) is 0 Å². The number of hydrogen-bond acceptors (Lipinski definition) is 2. The Morgan fingerprint density at radius 1 is 1.43 bits per heavy atom. The van der Waals surface area contributed by atoms with Crippen LogP contribution >= 0.6 is 11.8 Å². The van der Waals surface area contributed by atoms with Crippen LogP contribution in [-0.4, -0.2) is 22.5 Å². The lowest BCUT2D eigenvalue weighted by atomic mass is 10.0. The Balaban J connectivity index is 1.66. The topological polar surface area (TPSA) is 24.4 Å². The average molecular weight is 210 g/mol. The summed E-state index contributed by atoms with van der Waals surface area (Å²) in [6.45, 7) is 2.29. The fourth-order valence-electron chi connectivity index (χ4n) is 2.53. The molecule has 3 aliphatic rings. The lowest BCUT2D eigenvalue weighted by molar-refractivity contribution is 0.452. The Morgan fingerprint density at radius 3 is 2.79 bits per heavy atom. The molecular formula is C11H18N2S. The second-order valence-corrected chi connectivity index (χ2v) is 6.08. The lowest BCUT2D eigenvalue weighted by Gasteiger charge is -2.21. The molecule has 2 aliphatic carbocycles. The van der Waals surface area contributed by atoms with Crippen molar-refractivity contribution in [3.63, 3.8) is 0 Å². The number of thioether (sulfide) groups is 1. The Morgan fingerprint density at radius 2 is 2.14 bits per heavy atom. The largest absolute Gasteiger partial charge is 0.359 e. The second-order valence-electron chi connectivity index (χ2n) is 5.12. The van der Waals surface area contributed by atoms with Crippen molar-refractivity contribution in [3.8, 4) is 0 Å². The first kappa shape index (κ1) is 9.08. The molecule has 1 heterocycles. The molecule has 0 aromatic rings. The summed E-state index contributed by atoms with van der Waals surface area (Å²) >= 11 is 1.95. The van der Waals surface area contributed by atoms with Gasteiger partial charge in [-0.25, -0.2) is 0 Å². The summed E-state index contributed by atoms with van der Waals surface area (Å²) < 4.78 is 0. The monoisotopic (exact) mass is 210 g/mol. The van der Waals surface area contributed by atoms with E-state index in [1.165, 1.54) is 43.0 Å². The number of rotatable bonds is 1. The van der Waals surface area contributed by atoms with Crippen molar-refractivity contribution < 1.29 is 0 Å². The maximum Gasteiger partial charge on any atom is 0.157 e. The minimum absolute atomic E-state index is 0.446. The highest BCUT2D eigenvalue weighted by Crippen LogP contribution is 2.39. The van der Waals surface area contributed by atoms with Gasteiger partial charge in [0, 0.05) is 11.3 Å². The van der Waals surface area contributed by atoms with Crippen molar-refractivity contribution in [2.45, 2.75) is 50.6 Å². The summed E-state index contributed by atoms with van der Waals surface area (Å²) in [6, 6.07) is 0.640. The fourth-order valence-corrected chi connectivity index (χ4v) is 3.80. The first-order chi connectivity index (χ1) is 6.77. The van der Waals surface area contributed by atoms with E-state index in [0.29, 0.717) is 11.6 Å². The zero-order chi connectivity index (χ0) is 9.60. The molecular weight excluding hydrogens is 192 g/mol. The third-order valence-corrected chi connectivity index (χ3v) is 4.95. The zero-order valence-corrected chi connectivity index (χ0v) is 9.57. The highest BCUT2D eigenvalue weighted by Gasteiger charge is 2.41. The summed E-state index contributed by atoms with van der Waals surface area (Å²) in [5.41, 5.74) is 0.446. The molecule has 3 rings (SSSR count). The number of hydrogen-bond donors (Lipinski definition) is 1. The van der Waals surface area contributed by atoms with Gasteiger partial charge < -0.3 is 5.32 Å². The van der Waals surface area contributed by atoms with Crippen LogP contribution < -0.4 is 5.32 Å². The number of amidine groups is 1. The molecule has 1 N–H and O–H groups in total. The van der Waals surface area contributed by atoms with Crippen LogP contribution in [0.25, 0.3) is 0 Å². The van der Waals surface area contributed by atoms with Gasteiger partial charge in [-0.2, -0.15) is 0 Å². The van der Waals surface area contributed by atoms with E-state index in [9.17, 15) is 0 Å². The molecule has 14 heavy (non-hydrogen) atoms. The molecule has 1 saturated heterocycles. The van der Waals surface area contributed by atoms with E-state index in [2.05, 4.69) is 12.2 Å². The second kappa shape index (κ2) is 3.16. The molecule has 0 aromatic carbocycles. The van der Waals surface area contributed by atoms with Crippen LogP contribution in [0.4, 0.5) is 0 Å². The van der Waals surface area contributed by atoms with Gasteiger partial charge in [0.15, 0.2) is 5.17 Å². The smallest absolute Gasteiger partial charge is 0.157 e. The van der Waals surface area contributed by atoms with E-state index in [0.717, 1.165) is 5.92 Å². The molecule has 0 radical (unpaired) electrons. The maximum atomic E-state index is 4.76. The van der Waals surface area contributed by atoms with Gasteiger partial charge in [0.1, 0.15) is 0 Å². The summed E-state index contributed by atoms with van der Waals surface area (Å²) in [7, 11) is 0. The lowest BCUT2D eigenvalue weighted by Crippen LogP contribution is -2.40. The quantitative estimate of drug-likeness (QED) is 0.718. The number of nitrogens with one attached hydrogen (secondary N) is 1.